The summed E-state index contributed by atoms with van der Waals surface area (Å²) in [5, 5.41) is 3.09. The second-order valence-electron chi connectivity index (χ2n) is 6.76. The van der Waals surface area contributed by atoms with Gasteiger partial charge >= 0.3 is 6.03 Å². The normalized spacial score (nSPS) is 20.2. The van der Waals surface area contributed by atoms with Crippen molar-refractivity contribution in [2.75, 3.05) is 0 Å². The third-order valence-corrected chi connectivity index (χ3v) is 5.08. The van der Waals surface area contributed by atoms with Crippen molar-refractivity contribution in [3.05, 3.63) is 24.2 Å². The molecule has 5 heteroatoms. The van der Waals surface area contributed by atoms with Gasteiger partial charge in [0, 0.05) is 12.1 Å². The number of carbonyl (C=O) groups is 2. The Bertz CT molecular complexity index is 514. The summed E-state index contributed by atoms with van der Waals surface area (Å²) in [7, 11) is 0. The van der Waals surface area contributed by atoms with E-state index in [1.165, 1.54) is 30.3 Å². The van der Waals surface area contributed by atoms with E-state index in [0.29, 0.717) is 5.56 Å². The summed E-state index contributed by atoms with van der Waals surface area (Å²) in [6.45, 7) is 0. The Hall–Kier alpha value is -1.78. The van der Waals surface area contributed by atoms with Gasteiger partial charge in [-0.2, -0.15) is 0 Å². The molecule has 2 aliphatic carbocycles. The maximum absolute atomic E-state index is 12.8. The van der Waals surface area contributed by atoms with E-state index in [-0.39, 0.29) is 24.0 Å². The standard InChI is InChI=1S/C18H26N2O3/c21-17(14-11-12-23-13-14)20(16-9-5-2-6-10-16)18(22)19-15-7-3-1-4-8-15/h11-13,15-16H,1-10H2,(H,19,22). The lowest BCUT2D eigenvalue weighted by atomic mass is 9.93. The molecule has 1 N–H and O–H groups in total. The van der Waals surface area contributed by atoms with Crippen molar-refractivity contribution in [1.82, 2.24) is 10.2 Å². The summed E-state index contributed by atoms with van der Waals surface area (Å²) < 4.78 is 5.02. The smallest absolute Gasteiger partial charge is 0.324 e. The third-order valence-electron chi connectivity index (χ3n) is 5.08. The molecule has 0 aliphatic heterocycles. The van der Waals surface area contributed by atoms with Gasteiger partial charge < -0.3 is 9.73 Å². The number of amides is 3. The number of carbonyl (C=O) groups excluding carboxylic acids is 2. The first-order valence-corrected chi connectivity index (χ1v) is 8.92. The molecule has 2 saturated carbocycles. The lowest BCUT2D eigenvalue weighted by molar-refractivity contribution is 0.0701. The maximum Gasteiger partial charge on any atom is 0.324 e. The second-order valence-corrected chi connectivity index (χ2v) is 6.76. The van der Waals surface area contributed by atoms with Crippen LogP contribution in [0.15, 0.2) is 23.0 Å². The van der Waals surface area contributed by atoms with E-state index < -0.39 is 0 Å². The molecule has 3 rings (SSSR count). The van der Waals surface area contributed by atoms with Gasteiger partial charge in [0.2, 0.25) is 0 Å². The van der Waals surface area contributed by atoms with Gasteiger partial charge in [-0.3, -0.25) is 9.69 Å². The first kappa shape index (κ1) is 16.1. The molecule has 126 valence electrons. The minimum absolute atomic E-state index is 0.00902. The monoisotopic (exact) mass is 318 g/mol. The Balaban J connectivity index is 1.73. The van der Waals surface area contributed by atoms with E-state index >= 15 is 0 Å². The molecule has 0 unspecified atom stereocenters. The topological polar surface area (TPSA) is 62.6 Å². The summed E-state index contributed by atoms with van der Waals surface area (Å²) in [6.07, 6.45) is 13.7. The van der Waals surface area contributed by atoms with Crippen molar-refractivity contribution >= 4 is 11.9 Å². The maximum atomic E-state index is 12.8. The molecule has 0 bridgehead atoms. The number of rotatable bonds is 3. The molecule has 2 aliphatic rings. The predicted molar refractivity (Wildman–Crippen MR) is 87.2 cm³/mol. The highest BCUT2D eigenvalue weighted by Gasteiger charge is 2.33. The first-order chi connectivity index (χ1) is 11.3. The highest BCUT2D eigenvalue weighted by molar-refractivity contribution is 6.04. The third kappa shape index (κ3) is 3.95. The summed E-state index contributed by atoms with van der Waals surface area (Å²) in [5.74, 6) is -0.237. The highest BCUT2D eigenvalue weighted by atomic mass is 16.3. The highest BCUT2D eigenvalue weighted by Crippen LogP contribution is 2.25. The SMILES string of the molecule is O=C(NC1CCCCC1)N(C(=O)c1ccoc1)C1CCCCC1. The fourth-order valence-corrected chi connectivity index (χ4v) is 3.78. The Morgan fingerprint density at radius 1 is 1.00 bits per heavy atom. The van der Waals surface area contributed by atoms with E-state index in [4.69, 9.17) is 4.42 Å². The number of hydrogen-bond donors (Lipinski definition) is 1. The van der Waals surface area contributed by atoms with Crippen molar-refractivity contribution in [3.8, 4) is 0 Å². The molecule has 5 nitrogen and oxygen atoms in total. The van der Waals surface area contributed by atoms with E-state index in [1.807, 2.05) is 0 Å². The molecule has 0 radical (unpaired) electrons. The van der Waals surface area contributed by atoms with E-state index in [0.717, 1.165) is 51.4 Å². The van der Waals surface area contributed by atoms with E-state index in [9.17, 15) is 9.59 Å². The summed E-state index contributed by atoms with van der Waals surface area (Å²) in [6, 6.07) is 1.62. The zero-order valence-corrected chi connectivity index (χ0v) is 13.6. The summed E-state index contributed by atoms with van der Waals surface area (Å²) >= 11 is 0. The molecule has 2 fully saturated rings. The van der Waals surface area contributed by atoms with Gasteiger partial charge in [0.15, 0.2) is 0 Å². The van der Waals surface area contributed by atoms with Crippen LogP contribution in [0.1, 0.15) is 74.6 Å². The van der Waals surface area contributed by atoms with Crippen molar-refractivity contribution in [1.29, 1.82) is 0 Å². The van der Waals surface area contributed by atoms with Crippen LogP contribution < -0.4 is 5.32 Å². The molecule has 1 heterocycles. The Morgan fingerprint density at radius 2 is 1.65 bits per heavy atom. The van der Waals surface area contributed by atoms with Crippen LogP contribution in [0.4, 0.5) is 4.79 Å². The van der Waals surface area contributed by atoms with Crippen molar-refractivity contribution in [3.63, 3.8) is 0 Å². The van der Waals surface area contributed by atoms with Crippen LogP contribution in [-0.4, -0.2) is 28.9 Å². The van der Waals surface area contributed by atoms with Crippen molar-refractivity contribution in [2.45, 2.75) is 76.3 Å². The average Bonchev–Trinajstić information content (AvgIpc) is 3.11. The zero-order valence-electron chi connectivity index (χ0n) is 13.6. The lowest BCUT2D eigenvalue weighted by Gasteiger charge is -2.34. The Kier molecular flexibility index (Phi) is 5.36. The Morgan fingerprint density at radius 3 is 2.26 bits per heavy atom. The molecule has 1 aromatic rings. The molecule has 0 atom stereocenters. The van der Waals surface area contributed by atoms with Crippen LogP contribution >= 0.6 is 0 Å². The van der Waals surface area contributed by atoms with Crippen molar-refractivity contribution in [2.24, 2.45) is 0 Å². The molecule has 0 saturated heterocycles. The van der Waals surface area contributed by atoms with Gasteiger partial charge in [0.05, 0.1) is 11.8 Å². The number of furan rings is 1. The fourth-order valence-electron chi connectivity index (χ4n) is 3.78. The predicted octanol–water partition coefficient (Wildman–Crippen LogP) is 4.10. The molecule has 3 amide bonds. The van der Waals surface area contributed by atoms with Gasteiger partial charge in [-0.05, 0) is 31.7 Å². The summed E-state index contributed by atoms with van der Waals surface area (Å²) in [5.41, 5.74) is 0.453. The molecule has 23 heavy (non-hydrogen) atoms. The fraction of sp³-hybridized carbons (Fsp3) is 0.667. The largest absolute Gasteiger partial charge is 0.472 e. The zero-order chi connectivity index (χ0) is 16.1. The second kappa shape index (κ2) is 7.66. The van der Waals surface area contributed by atoms with Crippen LogP contribution in [0.5, 0.6) is 0 Å². The minimum atomic E-state index is -0.237. The van der Waals surface area contributed by atoms with Crippen LogP contribution in [0.3, 0.4) is 0 Å². The van der Waals surface area contributed by atoms with Gasteiger partial charge in [-0.25, -0.2) is 4.79 Å². The van der Waals surface area contributed by atoms with Gasteiger partial charge in [0.1, 0.15) is 6.26 Å². The van der Waals surface area contributed by atoms with E-state index in [2.05, 4.69) is 5.32 Å². The molecule has 1 aromatic heterocycles. The number of hydrogen-bond acceptors (Lipinski definition) is 3. The summed E-state index contributed by atoms with van der Waals surface area (Å²) in [4.78, 5) is 27.1. The van der Waals surface area contributed by atoms with Crippen LogP contribution in [0.2, 0.25) is 0 Å². The first-order valence-electron chi connectivity index (χ1n) is 8.92. The molecular weight excluding hydrogens is 292 g/mol. The van der Waals surface area contributed by atoms with Gasteiger partial charge in [0.25, 0.3) is 5.91 Å². The van der Waals surface area contributed by atoms with Crippen LogP contribution in [0, 0.1) is 0 Å². The van der Waals surface area contributed by atoms with Crippen molar-refractivity contribution < 1.29 is 14.0 Å². The number of nitrogens with one attached hydrogen (secondary N) is 1. The van der Waals surface area contributed by atoms with E-state index in [1.54, 1.807) is 6.07 Å². The molecule has 0 spiro atoms. The average molecular weight is 318 g/mol. The van der Waals surface area contributed by atoms with Gasteiger partial charge in [-0.1, -0.05) is 38.5 Å². The number of urea groups is 1. The quantitative estimate of drug-likeness (QED) is 0.912. The number of nitrogens with zero attached hydrogens (tertiary/aromatic N) is 1. The lowest BCUT2D eigenvalue weighted by Crippen LogP contribution is -2.52. The minimum Gasteiger partial charge on any atom is -0.472 e. The number of imide groups is 1. The van der Waals surface area contributed by atoms with Crippen LogP contribution in [-0.2, 0) is 0 Å². The van der Waals surface area contributed by atoms with Gasteiger partial charge in [-0.15, -0.1) is 0 Å². The Labute approximate surface area is 137 Å². The molecular formula is C18H26N2O3. The van der Waals surface area contributed by atoms with Crippen LogP contribution in [0.25, 0.3) is 0 Å². The molecule has 0 aromatic carbocycles.